The molecule has 1 amide bonds. The molecule has 150 valence electrons. The predicted octanol–water partition coefficient (Wildman–Crippen LogP) is 6.07. The highest BCUT2D eigenvalue weighted by molar-refractivity contribution is 6.32. The van der Waals surface area contributed by atoms with E-state index in [4.69, 9.17) is 27.9 Å². The van der Waals surface area contributed by atoms with Crippen LogP contribution in [0.4, 0.5) is 15.8 Å². The molecule has 3 rings (SSSR count). The lowest BCUT2D eigenvalue weighted by molar-refractivity contribution is -0.118. The standard InChI is InChI=1S/C22H19Cl2FN2O2/c1-14-2-4-16(23)11-20(14)27-22(28)13-29-21-9-3-15(10-19(21)24)12-26-18-7-5-17(25)6-8-18/h2-11,26H,12-13H2,1H3,(H,27,28). The Morgan fingerprint density at radius 2 is 1.79 bits per heavy atom. The van der Waals surface area contributed by atoms with Crippen LogP contribution >= 0.6 is 23.2 Å². The maximum Gasteiger partial charge on any atom is 0.262 e. The first kappa shape index (κ1) is 21.0. The van der Waals surface area contributed by atoms with Crippen molar-refractivity contribution in [1.29, 1.82) is 0 Å². The van der Waals surface area contributed by atoms with Gasteiger partial charge in [0.25, 0.3) is 5.91 Å². The Labute approximate surface area is 178 Å². The Morgan fingerprint density at radius 3 is 2.52 bits per heavy atom. The fourth-order valence-corrected chi connectivity index (χ4v) is 3.03. The van der Waals surface area contributed by atoms with Crippen LogP contribution in [0.1, 0.15) is 11.1 Å². The first-order valence-corrected chi connectivity index (χ1v) is 9.63. The van der Waals surface area contributed by atoms with Crippen LogP contribution in [0, 0.1) is 12.7 Å². The Bertz CT molecular complexity index is 1010. The molecule has 0 spiro atoms. The first-order valence-electron chi connectivity index (χ1n) is 8.87. The summed E-state index contributed by atoms with van der Waals surface area (Å²) in [7, 11) is 0. The third-order valence-electron chi connectivity index (χ3n) is 4.17. The summed E-state index contributed by atoms with van der Waals surface area (Å²) in [6, 6.07) is 16.7. The smallest absolute Gasteiger partial charge is 0.262 e. The van der Waals surface area contributed by atoms with Gasteiger partial charge in [-0.25, -0.2) is 4.39 Å². The molecule has 0 bridgehead atoms. The van der Waals surface area contributed by atoms with Gasteiger partial charge in [0, 0.05) is 22.9 Å². The van der Waals surface area contributed by atoms with Gasteiger partial charge in [0.1, 0.15) is 11.6 Å². The molecule has 3 aromatic carbocycles. The molecule has 2 N–H and O–H groups in total. The first-order chi connectivity index (χ1) is 13.9. The molecular weight excluding hydrogens is 414 g/mol. The monoisotopic (exact) mass is 432 g/mol. The van der Waals surface area contributed by atoms with E-state index in [1.165, 1.54) is 12.1 Å². The Balaban J connectivity index is 1.54. The van der Waals surface area contributed by atoms with Crippen molar-refractivity contribution in [3.8, 4) is 5.75 Å². The highest BCUT2D eigenvalue weighted by Gasteiger charge is 2.09. The van der Waals surface area contributed by atoms with Crippen molar-refractivity contribution in [3.05, 3.63) is 87.7 Å². The Hall–Kier alpha value is -2.76. The SMILES string of the molecule is Cc1ccc(Cl)cc1NC(=O)COc1ccc(CNc2ccc(F)cc2)cc1Cl. The maximum absolute atomic E-state index is 12.9. The summed E-state index contributed by atoms with van der Waals surface area (Å²) in [5.41, 5.74) is 3.26. The van der Waals surface area contributed by atoms with Crippen LogP contribution in [0.5, 0.6) is 5.75 Å². The van der Waals surface area contributed by atoms with E-state index in [1.807, 2.05) is 19.1 Å². The molecule has 0 heterocycles. The van der Waals surface area contributed by atoms with Gasteiger partial charge in [-0.05, 0) is 66.6 Å². The fourth-order valence-electron chi connectivity index (χ4n) is 2.60. The normalized spacial score (nSPS) is 10.5. The molecule has 29 heavy (non-hydrogen) atoms. The van der Waals surface area contributed by atoms with Crippen LogP contribution in [-0.2, 0) is 11.3 Å². The zero-order valence-electron chi connectivity index (χ0n) is 15.6. The van der Waals surface area contributed by atoms with Gasteiger partial charge in [0.05, 0.1) is 5.02 Å². The lowest BCUT2D eigenvalue weighted by atomic mass is 10.2. The minimum atomic E-state index is -0.312. The number of anilines is 2. The molecular formula is C22H19Cl2FN2O2. The third-order valence-corrected chi connectivity index (χ3v) is 4.70. The van der Waals surface area contributed by atoms with E-state index in [1.54, 1.807) is 36.4 Å². The van der Waals surface area contributed by atoms with Crippen LogP contribution in [0.2, 0.25) is 10.0 Å². The molecule has 0 aromatic heterocycles. The summed E-state index contributed by atoms with van der Waals surface area (Å²) >= 11 is 12.2. The van der Waals surface area contributed by atoms with E-state index >= 15 is 0 Å². The number of amides is 1. The summed E-state index contributed by atoms with van der Waals surface area (Å²) in [4.78, 5) is 12.2. The van der Waals surface area contributed by atoms with Gasteiger partial charge in [-0.2, -0.15) is 0 Å². The molecule has 0 aliphatic carbocycles. The van der Waals surface area contributed by atoms with Gasteiger partial charge >= 0.3 is 0 Å². The number of aryl methyl sites for hydroxylation is 1. The van der Waals surface area contributed by atoms with Gasteiger partial charge in [-0.15, -0.1) is 0 Å². The van der Waals surface area contributed by atoms with Crippen molar-refractivity contribution in [1.82, 2.24) is 0 Å². The van der Waals surface area contributed by atoms with Gasteiger partial charge in [0.15, 0.2) is 6.61 Å². The summed E-state index contributed by atoms with van der Waals surface area (Å²) in [6.07, 6.45) is 0. The molecule has 0 fully saturated rings. The number of ether oxygens (including phenoxy) is 1. The second kappa shape index (κ2) is 9.63. The second-order valence-corrected chi connectivity index (χ2v) is 7.26. The largest absolute Gasteiger partial charge is 0.482 e. The summed E-state index contributed by atoms with van der Waals surface area (Å²) < 4.78 is 18.5. The number of halogens is 3. The second-order valence-electron chi connectivity index (χ2n) is 6.42. The van der Waals surface area contributed by atoms with Gasteiger partial charge in [0.2, 0.25) is 0 Å². The fraction of sp³-hybridized carbons (Fsp3) is 0.136. The highest BCUT2D eigenvalue weighted by Crippen LogP contribution is 2.26. The quantitative estimate of drug-likeness (QED) is 0.476. The van der Waals surface area contributed by atoms with E-state index in [0.717, 1.165) is 16.8 Å². The van der Waals surface area contributed by atoms with Crippen LogP contribution in [-0.4, -0.2) is 12.5 Å². The molecule has 0 saturated heterocycles. The van der Waals surface area contributed by atoms with Gasteiger partial charge in [-0.3, -0.25) is 4.79 Å². The minimum absolute atomic E-state index is 0.182. The van der Waals surface area contributed by atoms with E-state index in [9.17, 15) is 9.18 Å². The third kappa shape index (κ3) is 6.11. The Morgan fingerprint density at radius 1 is 1.03 bits per heavy atom. The van der Waals surface area contributed by atoms with E-state index in [-0.39, 0.29) is 18.3 Å². The minimum Gasteiger partial charge on any atom is -0.482 e. The summed E-state index contributed by atoms with van der Waals surface area (Å²) in [6.45, 7) is 2.21. The molecule has 0 aliphatic rings. The van der Waals surface area contributed by atoms with Crippen LogP contribution < -0.4 is 15.4 Å². The zero-order valence-corrected chi connectivity index (χ0v) is 17.1. The number of benzene rings is 3. The van der Waals surface area contributed by atoms with E-state index in [2.05, 4.69) is 10.6 Å². The maximum atomic E-state index is 12.9. The van der Waals surface area contributed by atoms with Crippen molar-refractivity contribution in [2.45, 2.75) is 13.5 Å². The highest BCUT2D eigenvalue weighted by atomic mass is 35.5. The van der Waals surface area contributed by atoms with Gasteiger partial charge < -0.3 is 15.4 Å². The van der Waals surface area contributed by atoms with Gasteiger partial charge in [-0.1, -0.05) is 35.3 Å². The molecule has 0 saturated carbocycles. The summed E-state index contributed by atoms with van der Waals surface area (Å²) in [5, 5.41) is 6.89. The topological polar surface area (TPSA) is 50.4 Å². The average Bonchev–Trinajstić information content (AvgIpc) is 2.69. The molecule has 7 heteroatoms. The number of nitrogens with one attached hydrogen (secondary N) is 2. The molecule has 0 unspecified atom stereocenters. The van der Waals surface area contributed by atoms with E-state index < -0.39 is 0 Å². The number of rotatable bonds is 7. The van der Waals surface area contributed by atoms with Crippen molar-refractivity contribution in [3.63, 3.8) is 0 Å². The van der Waals surface area contributed by atoms with Crippen LogP contribution in [0.3, 0.4) is 0 Å². The number of carbonyl (C=O) groups is 1. The van der Waals surface area contributed by atoms with Crippen molar-refractivity contribution < 1.29 is 13.9 Å². The van der Waals surface area contributed by atoms with Crippen molar-refractivity contribution in [2.24, 2.45) is 0 Å². The Kier molecular flexibility index (Phi) is 6.96. The predicted molar refractivity (Wildman–Crippen MR) is 115 cm³/mol. The van der Waals surface area contributed by atoms with E-state index in [0.29, 0.717) is 28.0 Å². The average molecular weight is 433 g/mol. The molecule has 4 nitrogen and oxygen atoms in total. The number of hydrogen-bond acceptors (Lipinski definition) is 3. The molecule has 0 radical (unpaired) electrons. The zero-order chi connectivity index (χ0) is 20.8. The summed E-state index contributed by atoms with van der Waals surface area (Å²) in [5.74, 6) is -0.182. The number of carbonyl (C=O) groups excluding carboxylic acids is 1. The van der Waals surface area contributed by atoms with Crippen LogP contribution in [0.15, 0.2) is 60.7 Å². The van der Waals surface area contributed by atoms with Crippen LogP contribution in [0.25, 0.3) is 0 Å². The molecule has 3 aromatic rings. The molecule has 0 aliphatic heterocycles. The number of hydrogen-bond donors (Lipinski definition) is 2. The molecule has 0 atom stereocenters. The van der Waals surface area contributed by atoms with Crippen molar-refractivity contribution in [2.75, 3.05) is 17.2 Å². The van der Waals surface area contributed by atoms with Crippen molar-refractivity contribution >= 4 is 40.5 Å². The lowest BCUT2D eigenvalue weighted by Gasteiger charge is -2.12. The lowest BCUT2D eigenvalue weighted by Crippen LogP contribution is -2.20.